The van der Waals surface area contributed by atoms with Crippen molar-refractivity contribution < 1.29 is 5.11 Å². The Morgan fingerprint density at radius 3 is 2.46 bits per heavy atom. The summed E-state index contributed by atoms with van der Waals surface area (Å²) in [4.78, 5) is 0. The van der Waals surface area contributed by atoms with Crippen LogP contribution in [0.3, 0.4) is 0 Å². The van der Waals surface area contributed by atoms with Crippen LogP contribution in [0.4, 0.5) is 0 Å². The van der Waals surface area contributed by atoms with Crippen LogP contribution >= 0.6 is 0 Å². The molecule has 0 aliphatic heterocycles. The first kappa shape index (κ1) is 10.0. The third-order valence-corrected chi connectivity index (χ3v) is 2.38. The summed E-state index contributed by atoms with van der Waals surface area (Å²) in [6.45, 7) is 5.64. The van der Waals surface area contributed by atoms with Gasteiger partial charge in [-0.2, -0.15) is 0 Å². The van der Waals surface area contributed by atoms with E-state index < -0.39 is 5.60 Å². The lowest BCUT2D eigenvalue weighted by Crippen LogP contribution is -2.23. The lowest BCUT2D eigenvalue weighted by molar-refractivity contribution is 0.0356. The van der Waals surface area contributed by atoms with Gasteiger partial charge in [-0.1, -0.05) is 43.3 Å². The molecule has 1 nitrogen and oxygen atoms in total. The molecule has 0 saturated carbocycles. The van der Waals surface area contributed by atoms with E-state index in [2.05, 4.69) is 6.58 Å². The maximum Gasteiger partial charge on any atom is 0.0928 e. The maximum atomic E-state index is 10.2. The summed E-state index contributed by atoms with van der Waals surface area (Å²) in [5.74, 6) is 0. The van der Waals surface area contributed by atoms with E-state index in [1.54, 1.807) is 6.08 Å². The monoisotopic (exact) mass is 176 g/mol. The molecule has 1 atom stereocenters. The maximum absolute atomic E-state index is 10.2. The lowest BCUT2D eigenvalue weighted by Gasteiger charge is -2.25. The molecule has 0 unspecified atom stereocenters. The number of hydrogen-bond acceptors (Lipinski definition) is 1. The minimum Gasteiger partial charge on any atom is -0.385 e. The highest BCUT2D eigenvalue weighted by atomic mass is 16.3. The first-order valence-corrected chi connectivity index (χ1v) is 4.62. The fourth-order valence-corrected chi connectivity index (χ4v) is 1.45. The van der Waals surface area contributed by atoms with Crippen LogP contribution in [0.1, 0.15) is 25.3 Å². The van der Waals surface area contributed by atoms with E-state index in [0.717, 1.165) is 5.56 Å². The molecule has 1 heteroatoms. The summed E-state index contributed by atoms with van der Waals surface area (Å²) in [6.07, 6.45) is 3.08. The SMILES string of the molecule is C=CC[C@](O)(CC)c1ccccc1. The molecule has 1 aromatic carbocycles. The van der Waals surface area contributed by atoms with Gasteiger partial charge in [-0.15, -0.1) is 6.58 Å². The molecule has 1 N–H and O–H groups in total. The summed E-state index contributed by atoms with van der Waals surface area (Å²) < 4.78 is 0. The van der Waals surface area contributed by atoms with E-state index in [1.807, 2.05) is 37.3 Å². The van der Waals surface area contributed by atoms with Crippen LogP contribution in [0, 0.1) is 0 Å². The van der Waals surface area contributed by atoms with Gasteiger partial charge in [0.25, 0.3) is 0 Å². The van der Waals surface area contributed by atoms with Crippen molar-refractivity contribution in [3.63, 3.8) is 0 Å². The predicted octanol–water partition coefficient (Wildman–Crippen LogP) is 2.86. The first-order chi connectivity index (χ1) is 6.23. The second-order valence-corrected chi connectivity index (χ2v) is 3.24. The second-order valence-electron chi connectivity index (χ2n) is 3.24. The molecule has 0 bridgehead atoms. The van der Waals surface area contributed by atoms with E-state index in [0.29, 0.717) is 12.8 Å². The largest absolute Gasteiger partial charge is 0.385 e. The highest BCUT2D eigenvalue weighted by molar-refractivity contribution is 5.22. The van der Waals surface area contributed by atoms with E-state index >= 15 is 0 Å². The van der Waals surface area contributed by atoms with E-state index in [4.69, 9.17) is 0 Å². The van der Waals surface area contributed by atoms with Gasteiger partial charge in [0, 0.05) is 0 Å². The normalized spacial score (nSPS) is 14.9. The summed E-state index contributed by atoms with van der Waals surface area (Å²) in [5.41, 5.74) is 0.237. The van der Waals surface area contributed by atoms with Gasteiger partial charge < -0.3 is 5.11 Å². The van der Waals surface area contributed by atoms with Crippen molar-refractivity contribution in [2.45, 2.75) is 25.4 Å². The number of aliphatic hydroxyl groups is 1. The molecule has 1 aromatic rings. The van der Waals surface area contributed by atoms with Crippen molar-refractivity contribution >= 4 is 0 Å². The number of hydrogen-bond donors (Lipinski definition) is 1. The van der Waals surface area contributed by atoms with Crippen molar-refractivity contribution in [3.8, 4) is 0 Å². The molecular formula is C12H16O. The zero-order valence-electron chi connectivity index (χ0n) is 8.03. The van der Waals surface area contributed by atoms with Crippen LogP contribution in [0.25, 0.3) is 0 Å². The van der Waals surface area contributed by atoms with Crippen molar-refractivity contribution in [2.24, 2.45) is 0 Å². The van der Waals surface area contributed by atoms with E-state index in [9.17, 15) is 5.11 Å². The lowest BCUT2D eigenvalue weighted by atomic mass is 9.88. The molecule has 13 heavy (non-hydrogen) atoms. The van der Waals surface area contributed by atoms with Gasteiger partial charge in [0.1, 0.15) is 0 Å². The average molecular weight is 176 g/mol. The van der Waals surface area contributed by atoms with Gasteiger partial charge in [0.2, 0.25) is 0 Å². The van der Waals surface area contributed by atoms with Gasteiger partial charge in [0.05, 0.1) is 5.60 Å². The summed E-state index contributed by atoms with van der Waals surface area (Å²) in [6, 6.07) is 9.74. The van der Waals surface area contributed by atoms with Crippen LogP contribution in [-0.4, -0.2) is 5.11 Å². The van der Waals surface area contributed by atoms with Crippen LogP contribution < -0.4 is 0 Å². The molecule has 0 heterocycles. The number of rotatable bonds is 4. The van der Waals surface area contributed by atoms with Crippen molar-refractivity contribution in [1.82, 2.24) is 0 Å². The summed E-state index contributed by atoms with van der Waals surface area (Å²) >= 11 is 0. The molecular weight excluding hydrogens is 160 g/mol. The van der Waals surface area contributed by atoms with E-state index in [1.165, 1.54) is 0 Å². The number of benzene rings is 1. The van der Waals surface area contributed by atoms with Crippen LogP contribution in [-0.2, 0) is 5.60 Å². The topological polar surface area (TPSA) is 20.2 Å². The van der Waals surface area contributed by atoms with Crippen molar-refractivity contribution in [2.75, 3.05) is 0 Å². The molecule has 0 fully saturated rings. The Labute approximate surface area is 79.7 Å². The third-order valence-electron chi connectivity index (χ3n) is 2.38. The Balaban J connectivity index is 2.95. The fourth-order valence-electron chi connectivity index (χ4n) is 1.45. The second kappa shape index (κ2) is 4.24. The van der Waals surface area contributed by atoms with Gasteiger partial charge in [-0.3, -0.25) is 0 Å². The summed E-state index contributed by atoms with van der Waals surface area (Å²) in [5, 5.41) is 10.2. The molecule has 0 amide bonds. The van der Waals surface area contributed by atoms with Gasteiger partial charge in [-0.05, 0) is 18.4 Å². The molecule has 0 aromatic heterocycles. The Morgan fingerprint density at radius 1 is 1.38 bits per heavy atom. The zero-order valence-corrected chi connectivity index (χ0v) is 8.03. The fraction of sp³-hybridized carbons (Fsp3) is 0.333. The minimum atomic E-state index is -0.733. The quantitative estimate of drug-likeness (QED) is 0.699. The molecule has 0 aliphatic rings. The van der Waals surface area contributed by atoms with Crippen LogP contribution in [0.15, 0.2) is 43.0 Å². The third kappa shape index (κ3) is 2.19. The minimum absolute atomic E-state index is 0.605. The van der Waals surface area contributed by atoms with E-state index in [-0.39, 0.29) is 0 Å². The zero-order chi connectivity index (χ0) is 9.73. The van der Waals surface area contributed by atoms with Gasteiger partial charge >= 0.3 is 0 Å². The molecule has 0 aliphatic carbocycles. The Morgan fingerprint density at radius 2 is 2.00 bits per heavy atom. The molecule has 1 rings (SSSR count). The average Bonchev–Trinajstić information content (AvgIpc) is 2.19. The standard InChI is InChI=1S/C12H16O/c1-3-10-12(13,4-2)11-8-6-5-7-9-11/h3,5-9,13H,1,4,10H2,2H3/t12-/m1/s1. The molecule has 0 saturated heterocycles. The van der Waals surface area contributed by atoms with Crippen molar-refractivity contribution in [3.05, 3.63) is 48.6 Å². The molecule has 70 valence electrons. The molecule has 0 radical (unpaired) electrons. The highest BCUT2D eigenvalue weighted by Gasteiger charge is 2.24. The smallest absolute Gasteiger partial charge is 0.0928 e. The summed E-state index contributed by atoms with van der Waals surface area (Å²) in [7, 11) is 0. The van der Waals surface area contributed by atoms with Gasteiger partial charge in [0.15, 0.2) is 0 Å². The van der Waals surface area contributed by atoms with Crippen LogP contribution in [0.2, 0.25) is 0 Å². The Kier molecular flexibility index (Phi) is 3.26. The van der Waals surface area contributed by atoms with Gasteiger partial charge in [-0.25, -0.2) is 0 Å². The predicted molar refractivity (Wildman–Crippen MR) is 55.4 cm³/mol. The highest BCUT2D eigenvalue weighted by Crippen LogP contribution is 2.28. The Hall–Kier alpha value is -1.08. The Bertz CT molecular complexity index is 266. The van der Waals surface area contributed by atoms with Crippen molar-refractivity contribution in [1.29, 1.82) is 0 Å². The first-order valence-electron chi connectivity index (χ1n) is 4.62. The van der Waals surface area contributed by atoms with Crippen LogP contribution in [0.5, 0.6) is 0 Å². The molecule has 0 spiro atoms.